The Morgan fingerprint density at radius 2 is 2.12 bits per heavy atom. The molecule has 1 aromatic heterocycles. The van der Waals surface area contributed by atoms with Gasteiger partial charge in [-0.25, -0.2) is 0 Å². The lowest BCUT2D eigenvalue weighted by atomic mass is 9.92. The Kier molecular flexibility index (Phi) is 4.98. The smallest absolute Gasteiger partial charge is 0.0607 e. The standard InChI is InChI=1S/C12H21BrN2S/c1-6-14-11(12(2,3)15(4)5)10-9(13)7-8-16-10/h7-8,11,14H,6H2,1-5H3. The summed E-state index contributed by atoms with van der Waals surface area (Å²) in [5.41, 5.74) is 0.0867. The van der Waals surface area contributed by atoms with Crippen LogP contribution in [-0.2, 0) is 0 Å². The fourth-order valence-electron chi connectivity index (χ4n) is 1.64. The van der Waals surface area contributed by atoms with Crippen molar-refractivity contribution in [1.82, 2.24) is 10.2 Å². The summed E-state index contributed by atoms with van der Waals surface area (Å²) < 4.78 is 1.21. The van der Waals surface area contributed by atoms with Gasteiger partial charge >= 0.3 is 0 Å². The summed E-state index contributed by atoms with van der Waals surface area (Å²) in [6.45, 7) is 7.67. The van der Waals surface area contributed by atoms with E-state index in [9.17, 15) is 0 Å². The molecule has 4 heteroatoms. The van der Waals surface area contributed by atoms with Crippen molar-refractivity contribution in [3.05, 3.63) is 20.8 Å². The van der Waals surface area contributed by atoms with E-state index in [-0.39, 0.29) is 5.54 Å². The second-order valence-electron chi connectivity index (χ2n) is 4.67. The highest BCUT2D eigenvalue weighted by molar-refractivity contribution is 9.10. The molecule has 16 heavy (non-hydrogen) atoms. The highest BCUT2D eigenvalue weighted by Gasteiger charge is 2.34. The van der Waals surface area contributed by atoms with Crippen LogP contribution in [0.3, 0.4) is 0 Å². The minimum atomic E-state index is 0.0867. The molecule has 0 aliphatic heterocycles. The SMILES string of the molecule is CCNC(c1sccc1Br)C(C)(C)N(C)C. The molecule has 0 fully saturated rings. The molecule has 0 aromatic carbocycles. The van der Waals surface area contributed by atoms with Gasteiger partial charge in [0.2, 0.25) is 0 Å². The number of halogens is 1. The molecule has 0 spiro atoms. The zero-order valence-electron chi connectivity index (χ0n) is 10.7. The molecule has 0 aliphatic carbocycles. The molecule has 0 amide bonds. The lowest BCUT2D eigenvalue weighted by Crippen LogP contribution is -2.49. The Hall–Kier alpha value is 0.1000. The molecule has 1 unspecified atom stereocenters. The minimum absolute atomic E-state index is 0.0867. The van der Waals surface area contributed by atoms with Crippen LogP contribution < -0.4 is 5.32 Å². The normalized spacial score (nSPS) is 14.4. The van der Waals surface area contributed by atoms with Crippen LogP contribution in [0, 0.1) is 0 Å². The van der Waals surface area contributed by atoms with Gasteiger partial charge in [-0.05, 0) is 61.9 Å². The Labute approximate surface area is 111 Å². The third-order valence-corrected chi connectivity index (χ3v) is 5.11. The Morgan fingerprint density at radius 3 is 2.50 bits per heavy atom. The van der Waals surface area contributed by atoms with Gasteiger partial charge in [0, 0.05) is 14.9 Å². The maximum atomic E-state index is 3.63. The average molecular weight is 305 g/mol. The van der Waals surface area contributed by atoms with Crippen molar-refractivity contribution in [2.24, 2.45) is 0 Å². The van der Waals surface area contributed by atoms with Gasteiger partial charge in [0.05, 0.1) is 6.04 Å². The topological polar surface area (TPSA) is 15.3 Å². The molecule has 92 valence electrons. The zero-order valence-corrected chi connectivity index (χ0v) is 13.1. The molecule has 0 aliphatic rings. The van der Waals surface area contributed by atoms with E-state index in [4.69, 9.17) is 0 Å². The number of thiophene rings is 1. The van der Waals surface area contributed by atoms with Crippen molar-refractivity contribution < 1.29 is 0 Å². The second-order valence-corrected chi connectivity index (χ2v) is 6.47. The lowest BCUT2D eigenvalue weighted by molar-refractivity contribution is 0.140. The van der Waals surface area contributed by atoms with E-state index in [0.29, 0.717) is 6.04 Å². The molecule has 0 radical (unpaired) electrons. The molecular formula is C12H21BrN2S. The van der Waals surface area contributed by atoms with Crippen LogP contribution in [0.5, 0.6) is 0 Å². The third-order valence-electron chi connectivity index (χ3n) is 3.17. The predicted molar refractivity (Wildman–Crippen MR) is 76.2 cm³/mol. The van der Waals surface area contributed by atoms with E-state index >= 15 is 0 Å². The van der Waals surface area contributed by atoms with Gasteiger partial charge in [-0.1, -0.05) is 6.92 Å². The molecule has 0 saturated carbocycles. The Bertz CT molecular complexity index is 334. The van der Waals surface area contributed by atoms with Gasteiger partial charge in [-0.2, -0.15) is 0 Å². The summed E-state index contributed by atoms with van der Waals surface area (Å²) in [5.74, 6) is 0. The minimum Gasteiger partial charge on any atom is -0.308 e. The summed E-state index contributed by atoms with van der Waals surface area (Å²) in [6, 6.07) is 2.47. The van der Waals surface area contributed by atoms with Crippen LogP contribution in [0.25, 0.3) is 0 Å². The zero-order chi connectivity index (χ0) is 12.3. The number of nitrogens with one attached hydrogen (secondary N) is 1. The van der Waals surface area contributed by atoms with Gasteiger partial charge < -0.3 is 10.2 Å². The van der Waals surface area contributed by atoms with E-state index in [1.807, 2.05) is 0 Å². The lowest BCUT2D eigenvalue weighted by Gasteiger charge is -2.40. The van der Waals surface area contributed by atoms with Crippen LogP contribution in [0.4, 0.5) is 0 Å². The number of rotatable bonds is 5. The number of nitrogens with zero attached hydrogens (tertiary/aromatic N) is 1. The largest absolute Gasteiger partial charge is 0.308 e. The van der Waals surface area contributed by atoms with Gasteiger partial charge in [-0.3, -0.25) is 0 Å². The van der Waals surface area contributed by atoms with Crippen LogP contribution >= 0.6 is 27.3 Å². The summed E-state index contributed by atoms with van der Waals surface area (Å²) in [6.07, 6.45) is 0. The average Bonchev–Trinajstić information content (AvgIpc) is 2.60. The molecule has 0 bridgehead atoms. The van der Waals surface area contributed by atoms with Crippen molar-refractivity contribution in [3.63, 3.8) is 0 Å². The highest BCUT2D eigenvalue weighted by atomic mass is 79.9. The first-order chi connectivity index (χ1) is 7.41. The third kappa shape index (κ3) is 2.86. The van der Waals surface area contributed by atoms with Crippen molar-refractivity contribution in [1.29, 1.82) is 0 Å². The molecule has 0 saturated heterocycles. The molecule has 1 atom stereocenters. The first-order valence-electron chi connectivity index (χ1n) is 5.55. The Balaban J connectivity index is 3.05. The van der Waals surface area contributed by atoms with Crippen LogP contribution in [0.2, 0.25) is 0 Å². The van der Waals surface area contributed by atoms with E-state index in [1.54, 1.807) is 11.3 Å². The van der Waals surface area contributed by atoms with Crippen LogP contribution in [0.1, 0.15) is 31.7 Å². The quantitative estimate of drug-likeness (QED) is 0.895. The molecule has 1 N–H and O–H groups in total. The number of likely N-dealkylation sites (N-methyl/N-ethyl adjacent to an activating group) is 2. The van der Waals surface area contributed by atoms with Gasteiger partial charge in [0.25, 0.3) is 0 Å². The molecular weight excluding hydrogens is 284 g/mol. The molecule has 1 rings (SSSR count). The van der Waals surface area contributed by atoms with Crippen LogP contribution in [-0.4, -0.2) is 31.1 Å². The Morgan fingerprint density at radius 1 is 1.50 bits per heavy atom. The molecule has 2 nitrogen and oxygen atoms in total. The second kappa shape index (κ2) is 5.63. The number of hydrogen-bond acceptors (Lipinski definition) is 3. The van der Waals surface area contributed by atoms with Crippen molar-refractivity contribution in [2.45, 2.75) is 32.4 Å². The predicted octanol–water partition coefficient (Wildman–Crippen LogP) is 3.50. The fraction of sp³-hybridized carbons (Fsp3) is 0.667. The van der Waals surface area contributed by atoms with Gasteiger partial charge in [0.1, 0.15) is 0 Å². The van der Waals surface area contributed by atoms with Crippen molar-refractivity contribution >= 4 is 27.3 Å². The summed E-state index contributed by atoms with van der Waals surface area (Å²) in [5, 5.41) is 5.72. The maximum Gasteiger partial charge on any atom is 0.0607 e. The molecule has 1 heterocycles. The summed E-state index contributed by atoms with van der Waals surface area (Å²) >= 11 is 5.44. The maximum absolute atomic E-state index is 3.63. The van der Waals surface area contributed by atoms with Gasteiger partial charge in [-0.15, -0.1) is 11.3 Å². The highest BCUT2D eigenvalue weighted by Crippen LogP contribution is 2.37. The van der Waals surface area contributed by atoms with Gasteiger partial charge in [0.15, 0.2) is 0 Å². The van der Waals surface area contributed by atoms with E-state index in [2.05, 4.69) is 72.5 Å². The van der Waals surface area contributed by atoms with E-state index in [0.717, 1.165) is 6.54 Å². The van der Waals surface area contributed by atoms with Crippen LogP contribution in [0.15, 0.2) is 15.9 Å². The summed E-state index contributed by atoms with van der Waals surface area (Å²) in [4.78, 5) is 3.65. The monoisotopic (exact) mass is 304 g/mol. The summed E-state index contributed by atoms with van der Waals surface area (Å²) in [7, 11) is 4.26. The first kappa shape index (κ1) is 14.2. The van der Waals surface area contributed by atoms with E-state index in [1.165, 1.54) is 9.35 Å². The first-order valence-corrected chi connectivity index (χ1v) is 7.22. The molecule has 1 aromatic rings. The number of hydrogen-bond donors (Lipinski definition) is 1. The fourth-order valence-corrected chi connectivity index (χ4v) is 3.49. The van der Waals surface area contributed by atoms with Crippen molar-refractivity contribution in [3.8, 4) is 0 Å². The van der Waals surface area contributed by atoms with E-state index < -0.39 is 0 Å². The van der Waals surface area contributed by atoms with Crippen molar-refractivity contribution in [2.75, 3.05) is 20.6 Å².